The van der Waals surface area contributed by atoms with Crippen LogP contribution in [0.15, 0.2) is 0 Å². The van der Waals surface area contributed by atoms with Crippen LogP contribution in [0.5, 0.6) is 0 Å². The molecule has 5 heteroatoms. The van der Waals surface area contributed by atoms with Gasteiger partial charge in [0.15, 0.2) is 0 Å². The summed E-state index contributed by atoms with van der Waals surface area (Å²) < 4.78 is 6.13. The van der Waals surface area contributed by atoms with E-state index in [1.54, 1.807) is 0 Å². The average molecular weight is 324 g/mol. The third-order valence-electron chi connectivity index (χ3n) is 5.64. The minimum Gasteiger partial charge on any atom is -0.396 e. The fourth-order valence-corrected chi connectivity index (χ4v) is 4.18. The van der Waals surface area contributed by atoms with Crippen molar-refractivity contribution in [2.24, 2.45) is 0 Å². The molecule has 2 N–H and O–H groups in total. The lowest BCUT2D eigenvalue weighted by Crippen LogP contribution is -2.52. The van der Waals surface area contributed by atoms with Crippen LogP contribution in [0.1, 0.15) is 70.6 Å². The third kappa shape index (κ3) is 4.60. The number of urea groups is 1. The molecule has 23 heavy (non-hydrogen) atoms. The largest absolute Gasteiger partial charge is 0.396 e. The van der Waals surface area contributed by atoms with Crippen molar-refractivity contribution < 1.29 is 14.6 Å². The standard InChI is InChI=1S/C18H32N2O3/c21-12-5-4-11-20(16-6-7-16)17(22)19-15-8-13-23-18(14-15)9-2-1-3-10-18/h15-16,21H,1-14H2,(H,19,22). The molecule has 132 valence electrons. The van der Waals surface area contributed by atoms with Gasteiger partial charge in [-0.05, 0) is 51.4 Å². The number of nitrogens with zero attached hydrogens (tertiary/aromatic N) is 1. The van der Waals surface area contributed by atoms with E-state index < -0.39 is 0 Å². The molecule has 0 aromatic rings. The van der Waals surface area contributed by atoms with Crippen LogP contribution in [-0.2, 0) is 4.74 Å². The van der Waals surface area contributed by atoms with Crippen LogP contribution in [0.4, 0.5) is 4.79 Å². The monoisotopic (exact) mass is 324 g/mol. The molecule has 1 atom stereocenters. The summed E-state index contributed by atoms with van der Waals surface area (Å²) in [5.41, 5.74) is 0.0374. The van der Waals surface area contributed by atoms with Crippen molar-refractivity contribution in [2.45, 2.75) is 88.3 Å². The van der Waals surface area contributed by atoms with Crippen LogP contribution in [0.2, 0.25) is 0 Å². The Kier molecular flexibility index (Phi) is 5.81. The first-order valence-electron chi connectivity index (χ1n) is 9.54. The van der Waals surface area contributed by atoms with Gasteiger partial charge >= 0.3 is 6.03 Å². The van der Waals surface area contributed by atoms with E-state index >= 15 is 0 Å². The van der Waals surface area contributed by atoms with Gasteiger partial charge in [0.25, 0.3) is 0 Å². The van der Waals surface area contributed by atoms with Gasteiger partial charge in [0.2, 0.25) is 0 Å². The van der Waals surface area contributed by atoms with Crippen LogP contribution < -0.4 is 5.32 Å². The predicted octanol–water partition coefficient (Wildman–Crippen LogP) is 2.81. The van der Waals surface area contributed by atoms with Crippen molar-refractivity contribution in [3.63, 3.8) is 0 Å². The van der Waals surface area contributed by atoms with Crippen LogP contribution in [0.25, 0.3) is 0 Å². The van der Waals surface area contributed by atoms with E-state index in [0.717, 1.165) is 64.5 Å². The topological polar surface area (TPSA) is 61.8 Å². The fraction of sp³-hybridized carbons (Fsp3) is 0.944. The summed E-state index contributed by atoms with van der Waals surface area (Å²) in [6.45, 7) is 1.76. The molecule has 2 amide bonds. The third-order valence-corrected chi connectivity index (χ3v) is 5.64. The lowest BCUT2D eigenvalue weighted by molar-refractivity contribution is -0.108. The first-order chi connectivity index (χ1) is 11.2. The predicted molar refractivity (Wildman–Crippen MR) is 89.4 cm³/mol. The molecule has 0 bridgehead atoms. The van der Waals surface area contributed by atoms with Crippen molar-refractivity contribution in [1.82, 2.24) is 10.2 Å². The molecule has 1 unspecified atom stereocenters. The van der Waals surface area contributed by atoms with Crippen molar-refractivity contribution in [1.29, 1.82) is 0 Å². The molecule has 2 aliphatic carbocycles. The first-order valence-corrected chi connectivity index (χ1v) is 9.54. The molecule has 3 aliphatic rings. The van der Waals surface area contributed by atoms with E-state index in [4.69, 9.17) is 9.84 Å². The molecule has 3 rings (SSSR count). The Morgan fingerprint density at radius 3 is 2.65 bits per heavy atom. The Morgan fingerprint density at radius 2 is 1.96 bits per heavy atom. The van der Waals surface area contributed by atoms with Gasteiger partial charge < -0.3 is 20.1 Å². The lowest BCUT2D eigenvalue weighted by Gasteiger charge is -2.44. The molecule has 0 aromatic carbocycles. The van der Waals surface area contributed by atoms with Gasteiger partial charge in [-0.1, -0.05) is 19.3 Å². The Hall–Kier alpha value is -0.810. The second kappa shape index (κ2) is 7.84. The molecule has 3 fully saturated rings. The van der Waals surface area contributed by atoms with Crippen LogP contribution in [-0.4, -0.2) is 53.5 Å². The highest BCUT2D eigenvalue weighted by atomic mass is 16.5. The Bertz CT molecular complexity index is 386. The zero-order valence-corrected chi connectivity index (χ0v) is 14.3. The second-order valence-electron chi connectivity index (χ2n) is 7.59. The summed E-state index contributed by atoms with van der Waals surface area (Å²) >= 11 is 0. The number of ether oxygens (including phenoxy) is 1. The average Bonchev–Trinajstić information content (AvgIpc) is 3.37. The summed E-state index contributed by atoms with van der Waals surface area (Å²) in [5, 5.41) is 12.2. The van der Waals surface area contributed by atoms with Gasteiger partial charge in [-0.2, -0.15) is 0 Å². The Labute approximate surface area is 139 Å². The van der Waals surface area contributed by atoms with Crippen molar-refractivity contribution in [3.8, 4) is 0 Å². The number of aliphatic hydroxyl groups is 1. The van der Waals surface area contributed by atoms with E-state index in [9.17, 15) is 4.79 Å². The number of hydrogen-bond donors (Lipinski definition) is 2. The molecule has 1 heterocycles. The quantitative estimate of drug-likeness (QED) is 0.739. The number of carbonyl (C=O) groups is 1. The van der Waals surface area contributed by atoms with Crippen LogP contribution in [0, 0.1) is 0 Å². The SMILES string of the molecule is O=C(NC1CCOC2(CCCCC2)C1)N(CCCCO)C1CC1. The fourth-order valence-electron chi connectivity index (χ4n) is 4.18. The zero-order chi connectivity index (χ0) is 16.1. The highest BCUT2D eigenvalue weighted by Gasteiger charge is 2.40. The summed E-state index contributed by atoms with van der Waals surface area (Å²) in [6.07, 6.45) is 12.0. The minimum absolute atomic E-state index is 0.0374. The van der Waals surface area contributed by atoms with Crippen LogP contribution in [0.3, 0.4) is 0 Å². The van der Waals surface area contributed by atoms with E-state index in [-0.39, 0.29) is 24.3 Å². The maximum absolute atomic E-state index is 12.7. The first kappa shape index (κ1) is 17.0. The van der Waals surface area contributed by atoms with E-state index in [1.165, 1.54) is 19.3 Å². The Balaban J connectivity index is 1.51. The maximum atomic E-state index is 12.7. The highest BCUT2D eigenvalue weighted by Crippen LogP contribution is 2.38. The molecular weight excluding hydrogens is 292 g/mol. The van der Waals surface area contributed by atoms with Crippen molar-refractivity contribution >= 4 is 6.03 Å². The van der Waals surface area contributed by atoms with E-state index in [0.29, 0.717) is 6.04 Å². The number of amides is 2. The van der Waals surface area contributed by atoms with E-state index in [2.05, 4.69) is 5.32 Å². The molecule has 2 saturated carbocycles. The number of carbonyl (C=O) groups excluding carboxylic acids is 1. The van der Waals surface area contributed by atoms with Crippen molar-refractivity contribution in [2.75, 3.05) is 19.8 Å². The van der Waals surface area contributed by atoms with Gasteiger partial charge in [-0.3, -0.25) is 0 Å². The van der Waals surface area contributed by atoms with Gasteiger partial charge in [-0.15, -0.1) is 0 Å². The maximum Gasteiger partial charge on any atom is 0.317 e. The summed E-state index contributed by atoms with van der Waals surface area (Å²) in [5.74, 6) is 0. The van der Waals surface area contributed by atoms with E-state index in [1.807, 2.05) is 4.90 Å². The molecule has 1 saturated heterocycles. The molecule has 5 nitrogen and oxygen atoms in total. The second-order valence-corrected chi connectivity index (χ2v) is 7.59. The smallest absolute Gasteiger partial charge is 0.317 e. The summed E-state index contributed by atoms with van der Waals surface area (Å²) in [7, 11) is 0. The summed E-state index contributed by atoms with van der Waals surface area (Å²) in [4.78, 5) is 14.7. The van der Waals surface area contributed by atoms with Gasteiger partial charge in [0, 0.05) is 31.8 Å². The Morgan fingerprint density at radius 1 is 1.17 bits per heavy atom. The van der Waals surface area contributed by atoms with Gasteiger partial charge in [0.05, 0.1) is 5.60 Å². The lowest BCUT2D eigenvalue weighted by atomic mass is 9.78. The number of rotatable bonds is 6. The van der Waals surface area contributed by atoms with Crippen molar-refractivity contribution in [3.05, 3.63) is 0 Å². The van der Waals surface area contributed by atoms with Gasteiger partial charge in [-0.25, -0.2) is 4.79 Å². The minimum atomic E-state index is 0.0374. The molecule has 0 aromatic heterocycles. The normalized spacial score (nSPS) is 26.9. The number of nitrogens with one attached hydrogen (secondary N) is 1. The number of unbranched alkanes of at least 4 members (excludes halogenated alkanes) is 1. The van der Waals surface area contributed by atoms with Crippen LogP contribution >= 0.6 is 0 Å². The zero-order valence-electron chi connectivity index (χ0n) is 14.3. The molecule has 0 radical (unpaired) electrons. The molecule has 1 spiro atoms. The molecular formula is C18H32N2O3. The summed E-state index contributed by atoms with van der Waals surface area (Å²) in [6, 6.07) is 0.786. The molecule has 1 aliphatic heterocycles. The highest BCUT2D eigenvalue weighted by molar-refractivity contribution is 5.75. The number of aliphatic hydroxyl groups excluding tert-OH is 1. The van der Waals surface area contributed by atoms with Gasteiger partial charge in [0.1, 0.15) is 0 Å². The number of hydrogen-bond acceptors (Lipinski definition) is 3.